The highest BCUT2D eigenvalue weighted by Gasteiger charge is 2.21. The third-order valence-corrected chi connectivity index (χ3v) is 6.09. The van der Waals surface area contributed by atoms with Gasteiger partial charge in [0.2, 0.25) is 0 Å². The van der Waals surface area contributed by atoms with Gasteiger partial charge in [-0.15, -0.1) is 11.3 Å². The average molecular weight is 411 g/mol. The number of phenolic OH excluding ortho intramolecular Hbond substituents is 1. The van der Waals surface area contributed by atoms with Gasteiger partial charge in [0.1, 0.15) is 16.5 Å². The summed E-state index contributed by atoms with van der Waals surface area (Å²) in [7, 11) is 1.67. The van der Waals surface area contributed by atoms with Gasteiger partial charge in [0, 0.05) is 42.7 Å². The summed E-state index contributed by atoms with van der Waals surface area (Å²) < 4.78 is 11.1. The van der Waals surface area contributed by atoms with E-state index in [1.807, 2.05) is 42.5 Å². The van der Waals surface area contributed by atoms with Gasteiger partial charge >= 0.3 is 0 Å². The van der Waals surface area contributed by atoms with Crippen molar-refractivity contribution in [3.05, 3.63) is 65.2 Å². The van der Waals surface area contributed by atoms with Crippen molar-refractivity contribution >= 4 is 11.3 Å². The average Bonchev–Trinajstić information content (AvgIpc) is 3.42. The zero-order valence-electron chi connectivity index (χ0n) is 16.6. The summed E-state index contributed by atoms with van der Waals surface area (Å²) in [6, 6.07) is 15.5. The zero-order chi connectivity index (χ0) is 20.1. The SMILES string of the molecule is COc1ccc(-c2nc(CN(Cc3ccccc3O)CC3CCCO3)cs2)cc1. The van der Waals surface area contributed by atoms with Crippen molar-refractivity contribution in [2.75, 3.05) is 20.3 Å². The predicted molar refractivity (Wildman–Crippen MR) is 115 cm³/mol. The number of nitrogens with zero attached hydrogens (tertiary/aromatic N) is 2. The van der Waals surface area contributed by atoms with Crippen LogP contribution >= 0.6 is 11.3 Å². The maximum Gasteiger partial charge on any atom is 0.123 e. The van der Waals surface area contributed by atoms with Crippen molar-refractivity contribution in [1.29, 1.82) is 0 Å². The summed E-state index contributed by atoms with van der Waals surface area (Å²) in [5.41, 5.74) is 3.05. The Labute approximate surface area is 175 Å². The van der Waals surface area contributed by atoms with Gasteiger partial charge in [-0.1, -0.05) is 18.2 Å². The van der Waals surface area contributed by atoms with Gasteiger partial charge < -0.3 is 14.6 Å². The molecule has 1 unspecified atom stereocenters. The summed E-state index contributed by atoms with van der Waals surface area (Å²) in [6.45, 7) is 3.07. The summed E-state index contributed by atoms with van der Waals surface area (Å²) >= 11 is 1.65. The number of rotatable bonds is 8. The van der Waals surface area contributed by atoms with Crippen molar-refractivity contribution in [2.24, 2.45) is 0 Å². The third-order valence-electron chi connectivity index (χ3n) is 5.15. The second kappa shape index (κ2) is 9.39. The molecule has 2 heterocycles. The number of ether oxygens (including phenoxy) is 2. The first-order valence-corrected chi connectivity index (χ1v) is 10.8. The molecule has 0 amide bonds. The minimum absolute atomic E-state index is 0.251. The molecule has 0 spiro atoms. The van der Waals surface area contributed by atoms with Gasteiger partial charge in [0.25, 0.3) is 0 Å². The van der Waals surface area contributed by atoms with Crippen molar-refractivity contribution in [1.82, 2.24) is 9.88 Å². The Morgan fingerprint density at radius 1 is 1.17 bits per heavy atom. The Morgan fingerprint density at radius 2 is 2.00 bits per heavy atom. The van der Waals surface area contributed by atoms with Crippen molar-refractivity contribution in [3.8, 4) is 22.1 Å². The van der Waals surface area contributed by atoms with E-state index in [-0.39, 0.29) is 6.10 Å². The second-order valence-electron chi connectivity index (χ2n) is 7.31. The summed E-state index contributed by atoms with van der Waals surface area (Å²) in [4.78, 5) is 7.16. The predicted octanol–water partition coefficient (Wildman–Crippen LogP) is 4.71. The first kappa shape index (κ1) is 19.9. The second-order valence-corrected chi connectivity index (χ2v) is 8.16. The normalized spacial score (nSPS) is 16.4. The van der Waals surface area contributed by atoms with E-state index in [4.69, 9.17) is 14.5 Å². The number of aromatic nitrogens is 1. The Morgan fingerprint density at radius 3 is 2.72 bits per heavy atom. The van der Waals surface area contributed by atoms with Crippen molar-refractivity contribution < 1.29 is 14.6 Å². The fraction of sp³-hybridized carbons (Fsp3) is 0.348. The number of hydrogen-bond acceptors (Lipinski definition) is 6. The molecule has 29 heavy (non-hydrogen) atoms. The number of hydrogen-bond donors (Lipinski definition) is 1. The third kappa shape index (κ3) is 5.15. The van der Waals surface area contributed by atoms with E-state index in [2.05, 4.69) is 10.3 Å². The van der Waals surface area contributed by atoms with Crippen molar-refractivity contribution in [3.63, 3.8) is 0 Å². The fourth-order valence-electron chi connectivity index (χ4n) is 3.62. The lowest BCUT2D eigenvalue weighted by Gasteiger charge is -2.25. The van der Waals surface area contributed by atoms with E-state index < -0.39 is 0 Å². The molecule has 1 saturated heterocycles. The highest BCUT2D eigenvalue weighted by atomic mass is 32.1. The summed E-state index contributed by atoms with van der Waals surface area (Å²) in [5.74, 6) is 1.18. The van der Waals surface area contributed by atoms with Crippen LogP contribution in [0.5, 0.6) is 11.5 Å². The molecule has 3 aromatic rings. The van der Waals surface area contributed by atoms with E-state index >= 15 is 0 Å². The Kier molecular flexibility index (Phi) is 6.44. The van der Waals surface area contributed by atoms with E-state index in [0.29, 0.717) is 12.3 Å². The van der Waals surface area contributed by atoms with Gasteiger partial charge in [0.05, 0.1) is 18.9 Å². The summed E-state index contributed by atoms with van der Waals surface area (Å²) in [6.07, 6.45) is 2.46. The van der Waals surface area contributed by atoms with E-state index in [0.717, 1.165) is 60.1 Å². The minimum atomic E-state index is 0.251. The van der Waals surface area contributed by atoms with Crippen LogP contribution in [0.3, 0.4) is 0 Å². The molecule has 0 bridgehead atoms. The molecule has 1 aliphatic rings. The maximum absolute atomic E-state index is 10.2. The highest BCUT2D eigenvalue weighted by Crippen LogP contribution is 2.27. The first-order chi connectivity index (χ1) is 14.2. The number of phenols is 1. The smallest absolute Gasteiger partial charge is 0.123 e. The summed E-state index contributed by atoms with van der Waals surface area (Å²) in [5, 5.41) is 13.3. The van der Waals surface area contributed by atoms with Crippen LogP contribution in [0.2, 0.25) is 0 Å². The highest BCUT2D eigenvalue weighted by molar-refractivity contribution is 7.13. The Bertz CT molecular complexity index is 920. The number of benzene rings is 2. The molecule has 0 saturated carbocycles. The zero-order valence-corrected chi connectivity index (χ0v) is 17.4. The monoisotopic (exact) mass is 410 g/mol. The van der Waals surface area contributed by atoms with Gasteiger partial charge in [-0.25, -0.2) is 4.98 Å². The Hall–Kier alpha value is -2.41. The van der Waals surface area contributed by atoms with Gasteiger partial charge in [0.15, 0.2) is 0 Å². The van der Waals surface area contributed by atoms with Crippen LogP contribution in [0.25, 0.3) is 10.6 Å². The Balaban J connectivity index is 1.49. The number of aromatic hydroxyl groups is 1. The molecule has 2 aromatic carbocycles. The van der Waals surface area contributed by atoms with Crippen LogP contribution in [-0.4, -0.2) is 41.4 Å². The minimum Gasteiger partial charge on any atom is -0.508 e. The molecule has 1 aliphatic heterocycles. The van der Waals surface area contributed by atoms with Gasteiger partial charge in [-0.05, 0) is 43.2 Å². The quantitative estimate of drug-likeness (QED) is 0.583. The molecule has 1 aromatic heterocycles. The van der Waals surface area contributed by atoms with E-state index in [1.54, 1.807) is 24.5 Å². The molecule has 4 rings (SSSR count). The molecule has 0 aliphatic carbocycles. The molecule has 1 fully saturated rings. The number of para-hydroxylation sites is 1. The first-order valence-electron chi connectivity index (χ1n) is 9.91. The number of thiazole rings is 1. The van der Waals surface area contributed by atoms with Crippen LogP contribution in [-0.2, 0) is 17.8 Å². The molecule has 152 valence electrons. The molecule has 6 heteroatoms. The van der Waals surface area contributed by atoms with Gasteiger partial charge in [-0.3, -0.25) is 4.90 Å². The van der Waals surface area contributed by atoms with Crippen LogP contribution in [0, 0.1) is 0 Å². The van der Waals surface area contributed by atoms with Crippen LogP contribution in [0.1, 0.15) is 24.1 Å². The maximum atomic E-state index is 10.2. The topological polar surface area (TPSA) is 54.8 Å². The molecular weight excluding hydrogens is 384 g/mol. The number of methoxy groups -OCH3 is 1. The van der Waals surface area contributed by atoms with E-state index in [9.17, 15) is 5.11 Å². The standard InChI is InChI=1S/C23H26N2O3S/c1-27-20-10-8-17(9-11-20)23-24-19(16-29-23)14-25(15-21-6-4-12-28-21)13-18-5-2-3-7-22(18)26/h2-3,5,7-11,16,21,26H,4,6,12-15H2,1H3. The fourth-order valence-corrected chi connectivity index (χ4v) is 4.44. The van der Waals surface area contributed by atoms with Gasteiger partial charge in [-0.2, -0.15) is 0 Å². The van der Waals surface area contributed by atoms with E-state index in [1.165, 1.54) is 0 Å². The van der Waals surface area contributed by atoms with Crippen LogP contribution < -0.4 is 4.74 Å². The molecule has 1 N–H and O–H groups in total. The molecule has 0 radical (unpaired) electrons. The molecule has 1 atom stereocenters. The van der Waals surface area contributed by atoms with Crippen LogP contribution in [0.4, 0.5) is 0 Å². The lowest BCUT2D eigenvalue weighted by molar-refractivity contribution is 0.0673. The lowest BCUT2D eigenvalue weighted by atomic mass is 10.1. The largest absolute Gasteiger partial charge is 0.508 e. The van der Waals surface area contributed by atoms with Crippen LogP contribution in [0.15, 0.2) is 53.9 Å². The molecule has 5 nitrogen and oxygen atoms in total. The van der Waals surface area contributed by atoms with Crippen molar-refractivity contribution in [2.45, 2.75) is 32.0 Å². The lowest BCUT2D eigenvalue weighted by Crippen LogP contribution is -2.31. The molecular formula is C23H26N2O3S.